The van der Waals surface area contributed by atoms with Gasteiger partial charge in [-0.1, -0.05) is 0 Å². The lowest BCUT2D eigenvalue weighted by Crippen LogP contribution is -2.39. The monoisotopic (exact) mass is 601 g/mol. The van der Waals surface area contributed by atoms with Gasteiger partial charge >= 0.3 is 5.69 Å². The van der Waals surface area contributed by atoms with E-state index in [1.54, 1.807) is 24.7 Å². The van der Waals surface area contributed by atoms with Crippen LogP contribution in [-0.2, 0) is 34.8 Å². The molecule has 0 radical (unpaired) electrons. The van der Waals surface area contributed by atoms with Crippen LogP contribution < -0.4 is 17.0 Å². The molecule has 7 heterocycles. The Kier molecular flexibility index (Phi) is 6.73. The molecule has 4 fully saturated rings. The highest BCUT2D eigenvalue weighted by molar-refractivity contribution is 5.81. The first kappa shape index (κ1) is 28.5. The first-order valence-corrected chi connectivity index (χ1v) is 14.4. The summed E-state index contributed by atoms with van der Waals surface area (Å²) in [5.74, 6) is -1.48. The molecule has 16 nitrogen and oxygen atoms in total. The molecule has 16 heteroatoms. The summed E-state index contributed by atoms with van der Waals surface area (Å²) in [5.41, 5.74) is 6.30. The van der Waals surface area contributed by atoms with Crippen LogP contribution in [0.3, 0.4) is 0 Å². The van der Waals surface area contributed by atoms with Gasteiger partial charge in [0.1, 0.15) is 42.4 Å². The zero-order valence-electron chi connectivity index (χ0n) is 24.2. The SMILES string of the molecule is CC1(C)O[C@@H]2[C@H](O1)[C@@H](CO)O[C@H]2n1c(CCC[C@H]2O[C@@H](n3cnc4c(N)ncnc43)[C@@H]3OC(C)(C)O[C@@H]32)cc(=O)[nH]c1=O. The van der Waals surface area contributed by atoms with Gasteiger partial charge in [-0.3, -0.25) is 18.9 Å². The number of aromatic nitrogens is 6. The molecular formula is C27H35N7O9. The van der Waals surface area contributed by atoms with Gasteiger partial charge in [-0.05, 0) is 47.0 Å². The number of hydrogen-bond acceptors (Lipinski definition) is 13. The van der Waals surface area contributed by atoms with Crippen LogP contribution in [0.25, 0.3) is 11.2 Å². The summed E-state index contributed by atoms with van der Waals surface area (Å²) in [6.07, 6.45) is -0.147. The number of aliphatic hydroxyl groups is 1. The summed E-state index contributed by atoms with van der Waals surface area (Å²) in [5, 5.41) is 9.91. The number of imidazole rings is 1. The van der Waals surface area contributed by atoms with Crippen LogP contribution in [0.2, 0.25) is 0 Å². The minimum Gasteiger partial charge on any atom is -0.394 e. The van der Waals surface area contributed by atoms with Crippen LogP contribution in [0.4, 0.5) is 5.82 Å². The smallest absolute Gasteiger partial charge is 0.330 e. The third-order valence-corrected chi connectivity index (χ3v) is 8.32. The molecule has 0 spiro atoms. The summed E-state index contributed by atoms with van der Waals surface area (Å²) in [6.45, 7) is 6.92. The Labute approximate surface area is 245 Å². The van der Waals surface area contributed by atoms with E-state index < -0.39 is 59.7 Å². The normalized spacial score (nSPS) is 34.2. The second-order valence-corrected chi connectivity index (χ2v) is 12.2. The summed E-state index contributed by atoms with van der Waals surface area (Å²) in [7, 11) is 0. The summed E-state index contributed by atoms with van der Waals surface area (Å²) in [4.78, 5) is 40.6. The lowest BCUT2D eigenvalue weighted by Gasteiger charge is -2.26. The quantitative estimate of drug-likeness (QED) is 0.330. The molecule has 0 amide bonds. The molecule has 0 bridgehead atoms. The lowest BCUT2D eigenvalue weighted by molar-refractivity contribution is -0.200. The molecule has 4 aliphatic heterocycles. The van der Waals surface area contributed by atoms with E-state index in [2.05, 4.69) is 19.9 Å². The molecule has 4 saturated heterocycles. The van der Waals surface area contributed by atoms with Gasteiger partial charge in [0.15, 0.2) is 35.5 Å². The lowest BCUT2D eigenvalue weighted by atomic mass is 10.0. The molecule has 232 valence electrons. The van der Waals surface area contributed by atoms with E-state index in [9.17, 15) is 14.7 Å². The maximum atomic E-state index is 13.1. The maximum Gasteiger partial charge on any atom is 0.330 e. The third-order valence-electron chi connectivity index (χ3n) is 8.32. The number of H-pyrrole nitrogens is 1. The van der Waals surface area contributed by atoms with Gasteiger partial charge < -0.3 is 39.3 Å². The fourth-order valence-electron chi connectivity index (χ4n) is 6.69. The zero-order valence-corrected chi connectivity index (χ0v) is 24.2. The summed E-state index contributed by atoms with van der Waals surface area (Å²) in [6, 6.07) is 1.38. The number of aryl methyl sites for hydroxylation is 1. The first-order valence-electron chi connectivity index (χ1n) is 14.4. The molecule has 8 atom stereocenters. The zero-order chi connectivity index (χ0) is 30.3. The van der Waals surface area contributed by atoms with Crippen molar-refractivity contribution < 1.29 is 33.5 Å². The van der Waals surface area contributed by atoms with E-state index in [1.165, 1.54) is 17.0 Å². The standard InChI is InChI=1S/C27H35N7O9/c1-26(2)40-17-13(38-23(19(17)42-26)33-11-31-16-21(28)29-10-30-22(16)33)7-5-6-12-8-15(36)32-25(37)34(12)24-20-18(14(9-35)39-24)41-27(3,4)43-20/h8,10-11,13-14,17-20,23-24,35H,5-7,9H2,1-4H3,(H2,28,29,30)(H,32,36,37)/t13-,14-,17-,18-,19-,20-,23-,24-/m1/s1. The molecule has 4 aliphatic rings. The van der Waals surface area contributed by atoms with Crippen LogP contribution in [0.15, 0.2) is 28.3 Å². The Morgan fingerprint density at radius 1 is 0.930 bits per heavy atom. The molecule has 3 aromatic heterocycles. The number of aromatic amines is 1. The molecule has 4 N–H and O–H groups in total. The maximum absolute atomic E-state index is 13.1. The van der Waals surface area contributed by atoms with Crippen LogP contribution >= 0.6 is 0 Å². The molecule has 0 unspecified atom stereocenters. The predicted octanol–water partition coefficient (Wildman–Crippen LogP) is 0.109. The number of anilines is 1. The number of hydrogen-bond donors (Lipinski definition) is 3. The number of ether oxygens (including phenoxy) is 6. The van der Waals surface area contributed by atoms with Crippen molar-refractivity contribution in [2.75, 3.05) is 12.3 Å². The Balaban J connectivity index is 1.12. The van der Waals surface area contributed by atoms with Crippen LogP contribution in [0.1, 0.15) is 58.7 Å². The minimum atomic E-state index is -0.918. The average molecular weight is 602 g/mol. The van der Waals surface area contributed by atoms with E-state index in [0.717, 1.165) is 0 Å². The van der Waals surface area contributed by atoms with Crippen molar-refractivity contribution in [3.63, 3.8) is 0 Å². The van der Waals surface area contributed by atoms with Gasteiger partial charge in [0, 0.05) is 11.8 Å². The van der Waals surface area contributed by atoms with Crippen molar-refractivity contribution in [1.29, 1.82) is 0 Å². The summed E-state index contributed by atoms with van der Waals surface area (Å²) >= 11 is 0. The fraction of sp³-hybridized carbons (Fsp3) is 0.667. The molecular weight excluding hydrogens is 566 g/mol. The Morgan fingerprint density at radius 3 is 2.30 bits per heavy atom. The van der Waals surface area contributed by atoms with E-state index >= 15 is 0 Å². The molecule has 0 aromatic carbocycles. The molecule has 0 aliphatic carbocycles. The average Bonchev–Trinajstić information content (AvgIpc) is 3.71. The minimum absolute atomic E-state index is 0.267. The Hall–Kier alpha value is -3.25. The number of nitrogen functional groups attached to an aromatic ring is 1. The van der Waals surface area contributed by atoms with Crippen molar-refractivity contribution >= 4 is 17.0 Å². The largest absolute Gasteiger partial charge is 0.394 e. The number of nitrogens with one attached hydrogen (secondary N) is 1. The molecule has 43 heavy (non-hydrogen) atoms. The van der Waals surface area contributed by atoms with Crippen molar-refractivity contribution in [3.8, 4) is 0 Å². The third kappa shape index (κ3) is 4.86. The highest BCUT2D eigenvalue weighted by Crippen LogP contribution is 2.46. The van der Waals surface area contributed by atoms with Gasteiger partial charge in [0.25, 0.3) is 5.56 Å². The van der Waals surface area contributed by atoms with Gasteiger partial charge in [-0.25, -0.2) is 19.7 Å². The van der Waals surface area contributed by atoms with Gasteiger partial charge in [-0.15, -0.1) is 0 Å². The molecule has 7 rings (SSSR count). The predicted molar refractivity (Wildman–Crippen MR) is 147 cm³/mol. The Morgan fingerprint density at radius 2 is 1.58 bits per heavy atom. The van der Waals surface area contributed by atoms with E-state index in [-0.39, 0.29) is 24.6 Å². The number of nitrogens with two attached hydrogens (primary N) is 1. The second kappa shape index (κ2) is 10.2. The van der Waals surface area contributed by atoms with Crippen molar-refractivity contribution in [3.05, 3.63) is 45.3 Å². The van der Waals surface area contributed by atoms with E-state index in [1.807, 2.05) is 13.8 Å². The van der Waals surface area contributed by atoms with Crippen LogP contribution in [-0.4, -0.2) is 89.0 Å². The number of rotatable bonds is 7. The van der Waals surface area contributed by atoms with Crippen molar-refractivity contribution in [1.82, 2.24) is 29.1 Å². The highest BCUT2D eigenvalue weighted by atomic mass is 16.8. The second-order valence-electron chi connectivity index (χ2n) is 12.2. The van der Waals surface area contributed by atoms with Crippen molar-refractivity contribution in [2.24, 2.45) is 0 Å². The van der Waals surface area contributed by atoms with Gasteiger partial charge in [0.2, 0.25) is 0 Å². The molecule has 0 saturated carbocycles. The van der Waals surface area contributed by atoms with Crippen LogP contribution in [0.5, 0.6) is 0 Å². The number of nitrogens with zero attached hydrogens (tertiary/aromatic N) is 5. The van der Waals surface area contributed by atoms with Crippen molar-refractivity contribution in [2.45, 2.75) is 108 Å². The molecule has 3 aromatic rings. The van der Waals surface area contributed by atoms with Gasteiger partial charge in [-0.2, -0.15) is 0 Å². The van der Waals surface area contributed by atoms with E-state index in [0.29, 0.717) is 36.1 Å². The number of aliphatic hydroxyl groups excluding tert-OH is 1. The van der Waals surface area contributed by atoms with Crippen LogP contribution in [0, 0.1) is 0 Å². The number of fused-ring (bicyclic) bond motifs is 3. The van der Waals surface area contributed by atoms with Gasteiger partial charge in [0.05, 0.1) is 19.0 Å². The van der Waals surface area contributed by atoms with E-state index in [4.69, 9.17) is 34.2 Å². The summed E-state index contributed by atoms with van der Waals surface area (Å²) < 4.78 is 40.2. The topological polar surface area (TPSA) is 200 Å². The fourth-order valence-corrected chi connectivity index (χ4v) is 6.69. The highest BCUT2D eigenvalue weighted by Gasteiger charge is 2.57. The Bertz CT molecular complexity index is 1650. The first-order chi connectivity index (χ1) is 20.4.